The van der Waals surface area contributed by atoms with Crippen LogP contribution < -0.4 is 0 Å². The first kappa shape index (κ1) is 14.2. The van der Waals surface area contributed by atoms with Gasteiger partial charge in [0.2, 0.25) is 5.82 Å². The Kier molecular flexibility index (Phi) is 4.17. The van der Waals surface area contributed by atoms with Crippen molar-refractivity contribution < 1.29 is 4.79 Å². The van der Waals surface area contributed by atoms with Crippen LogP contribution >= 0.6 is 0 Å². The minimum absolute atomic E-state index is 0.181. The molecule has 106 valence electrons. The summed E-state index contributed by atoms with van der Waals surface area (Å²) in [6, 6.07) is 8.17. The number of carbonyl (C=O) groups excluding carboxylic acids is 1. The first-order valence-electron chi connectivity index (χ1n) is 6.77. The van der Waals surface area contributed by atoms with Crippen molar-refractivity contribution in [3.63, 3.8) is 0 Å². The molecule has 1 heterocycles. The summed E-state index contributed by atoms with van der Waals surface area (Å²) in [6.07, 6.45) is 1.11. The lowest BCUT2D eigenvalue weighted by Gasteiger charge is -2.08. The Balaban J connectivity index is 2.22. The standard InChI is InChI=1S/C15H20N4O/c1-5-10(2)11-6-8-12(9-7-11)13-16-14(18-17-13)15(20)19(3)4/h6-10H,5H2,1-4H3,(H,16,17,18). The van der Waals surface area contributed by atoms with Gasteiger partial charge < -0.3 is 4.90 Å². The van der Waals surface area contributed by atoms with Crippen molar-refractivity contribution in [2.24, 2.45) is 0 Å². The highest BCUT2D eigenvalue weighted by Crippen LogP contribution is 2.22. The number of carbonyl (C=O) groups is 1. The van der Waals surface area contributed by atoms with E-state index in [0.717, 1.165) is 12.0 Å². The largest absolute Gasteiger partial charge is 0.342 e. The molecule has 0 aliphatic rings. The lowest BCUT2D eigenvalue weighted by atomic mass is 9.97. The number of hydrogen-bond donors (Lipinski definition) is 1. The van der Waals surface area contributed by atoms with Crippen molar-refractivity contribution >= 4 is 5.91 Å². The number of hydrogen-bond acceptors (Lipinski definition) is 3. The van der Waals surface area contributed by atoms with E-state index < -0.39 is 0 Å². The van der Waals surface area contributed by atoms with E-state index in [-0.39, 0.29) is 11.7 Å². The molecule has 1 aromatic heterocycles. The summed E-state index contributed by atoms with van der Waals surface area (Å²) in [4.78, 5) is 17.5. The van der Waals surface area contributed by atoms with E-state index in [1.54, 1.807) is 14.1 Å². The second kappa shape index (κ2) is 5.86. The van der Waals surface area contributed by atoms with Crippen molar-refractivity contribution in [2.75, 3.05) is 14.1 Å². The van der Waals surface area contributed by atoms with E-state index in [2.05, 4.69) is 41.2 Å². The molecule has 0 saturated heterocycles. The van der Waals surface area contributed by atoms with Crippen LogP contribution in [0.2, 0.25) is 0 Å². The Labute approximate surface area is 119 Å². The van der Waals surface area contributed by atoms with E-state index in [1.165, 1.54) is 10.5 Å². The third kappa shape index (κ3) is 2.87. The Hall–Kier alpha value is -2.17. The Morgan fingerprint density at radius 3 is 2.50 bits per heavy atom. The molecule has 0 aliphatic heterocycles. The highest BCUT2D eigenvalue weighted by atomic mass is 16.2. The molecule has 0 spiro atoms. The van der Waals surface area contributed by atoms with Crippen LogP contribution in [0.4, 0.5) is 0 Å². The van der Waals surface area contributed by atoms with Gasteiger partial charge >= 0.3 is 0 Å². The predicted molar refractivity (Wildman–Crippen MR) is 78.5 cm³/mol. The van der Waals surface area contributed by atoms with Crippen molar-refractivity contribution in [2.45, 2.75) is 26.2 Å². The lowest BCUT2D eigenvalue weighted by Crippen LogP contribution is -2.22. The van der Waals surface area contributed by atoms with Gasteiger partial charge in [-0.15, -0.1) is 0 Å². The molecular weight excluding hydrogens is 252 g/mol. The fourth-order valence-corrected chi connectivity index (χ4v) is 1.89. The summed E-state index contributed by atoms with van der Waals surface area (Å²) in [5, 5.41) is 6.78. The fourth-order valence-electron chi connectivity index (χ4n) is 1.89. The van der Waals surface area contributed by atoms with Gasteiger partial charge in [0.1, 0.15) is 0 Å². The molecular formula is C15H20N4O. The van der Waals surface area contributed by atoms with Crippen LogP contribution in [0.1, 0.15) is 42.4 Å². The van der Waals surface area contributed by atoms with Crippen molar-refractivity contribution in [3.05, 3.63) is 35.7 Å². The van der Waals surface area contributed by atoms with Gasteiger partial charge in [0.25, 0.3) is 5.91 Å². The highest BCUT2D eigenvalue weighted by Gasteiger charge is 2.14. The van der Waals surface area contributed by atoms with E-state index in [4.69, 9.17) is 0 Å². The van der Waals surface area contributed by atoms with Gasteiger partial charge in [-0.05, 0) is 17.9 Å². The molecule has 5 nitrogen and oxygen atoms in total. The number of aromatic amines is 1. The summed E-state index contributed by atoms with van der Waals surface area (Å²) in [7, 11) is 3.37. The average Bonchev–Trinajstić information content (AvgIpc) is 2.95. The maximum Gasteiger partial charge on any atom is 0.290 e. The number of amides is 1. The molecule has 2 aromatic rings. The third-order valence-corrected chi connectivity index (χ3v) is 3.44. The zero-order chi connectivity index (χ0) is 14.7. The quantitative estimate of drug-likeness (QED) is 0.930. The molecule has 2 rings (SSSR count). The Morgan fingerprint density at radius 1 is 1.30 bits per heavy atom. The first-order chi connectivity index (χ1) is 9.52. The topological polar surface area (TPSA) is 61.9 Å². The van der Waals surface area contributed by atoms with Crippen LogP contribution in [0.15, 0.2) is 24.3 Å². The highest BCUT2D eigenvalue weighted by molar-refractivity contribution is 5.90. The summed E-state index contributed by atoms with van der Waals surface area (Å²) >= 11 is 0. The molecule has 5 heteroatoms. The zero-order valence-corrected chi connectivity index (χ0v) is 12.3. The third-order valence-electron chi connectivity index (χ3n) is 3.44. The van der Waals surface area contributed by atoms with E-state index in [1.807, 2.05) is 12.1 Å². The van der Waals surface area contributed by atoms with Crippen LogP contribution in [0, 0.1) is 0 Å². The maximum atomic E-state index is 11.8. The normalized spacial score (nSPS) is 12.2. The first-order valence-corrected chi connectivity index (χ1v) is 6.77. The van der Waals surface area contributed by atoms with Crippen LogP contribution in [0.5, 0.6) is 0 Å². The number of H-pyrrole nitrogens is 1. The number of nitrogens with zero attached hydrogens (tertiary/aromatic N) is 3. The monoisotopic (exact) mass is 272 g/mol. The Morgan fingerprint density at radius 2 is 1.95 bits per heavy atom. The van der Waals surface area contributed by atoms with Crippen molar-refractivity contribution in [1.29, 1.82) is 0 Å². The Bertz CT molecular complexity index is 586. The van der Waals surface area contributed by atoms with Gasteiger partial charge in [-0.3, -0.25) is 9.89 Å². The molecule has 0 radical (unpaired) electrons. The smallest absolute Gasteiger partial charge is 0.290 e. The van der Waals surface area contributed by atoms with Gasteiger partial charge in [-0.1, -0.05) is 38.1 Å². The predicted octanol–water partition coefficient (Wildman–Crippen LogP) is 2.69. The summed E-state index contributed by atoms with van der Waals surface area (Å²) in [5.41, 5.74) is 2.21. The van der Waals surface area contributed by atoms with E-state index in [0.29, 0.717) is 11.7 Å². The van der Waals surface area contributed by atoms with Gasteiger partial charge in [0, 0.05) is 19.7 Å². The van der Waals surface area contributed by atoms with E-state index >= 15 is 0 Å². The number of nitrogens with one attached hydrogen (secondary N) is 1. The molecule has 0 saturated carbocycles. The van der Waals surface area contributed by atoms with Gasteiger partial charge in [-0.2, -0.15) is 5.10 Å². The minimum Gasteiger partial charge on any atom is -0.342 e. The van der Waals surface area contributed by atoms with Crippen LogP contribution in [-0.2, 0) is 0 Å². The second-order valence-electron chi connectivity index (χ2n) is 5.14. The lowest BCUT2D eigenvalue weighted by molar-refractivity contribution is 0.0816. The molecule has 1 amide bonds. The fraction of sp³-hybridized carbons (Fsp3) is 0.400. The van der Waals surface area contributed by atoms with Gasteiger partial charge in [0.15, 0.2) is 5.82 Å². The van der Waals surface area contributed by atoms with Gasteiger partial charge in [-0.25, -0.2) is 4.98 Å². The van der Waals surface area contributed by atoms with Crippen LogP contribution in [-0.4, -0.2) is 40.1 Å². The summed E-state index contributed by atoms with van der Waals surface area (Å²) in [5.74, 6) is 1.17. The molecule has 1 atom stereocenters. The zero-order valence-electron chi connectivity index (χ0n) is 12.3. The van der Waals surface area contributed by atoms with Crippen LogP contribution in [0.3, 0.4) is 0 Å². The summed E-state index contributed by atoms with van der Waals surface area (Å²) in [6.45, 7) is 4.38. The molecule has 0 fully saturated rings. The minimum atomic E-state index is -0.181. The number of rotatable bonds is 4. The van der Waals surface area contributed by atoms with Crippen molar-refractivity contribution in [1.82, 2.24) is 20.1 Å². The average molecular weight is 272 g/mol. The van der Waals surface area contributed by atoms with E-state index in [9.17, 15) is 4.79 Å². The van der Waals surface area contributed by atoms with Crippen molar-refractivity contribution in [3.8, 4) is 11.4 Å². The maximum absolute atomic E-state index is 11.8. The van der Waals surface area contributed by atoms with Crippen LogP contribution in [0.25, 0.3) is 11.4 Å². The molecule has 0 bridgehead atoms. The molecule has 1 aromatic carbocycles. The number of aromatic nitrogens is 3. The van der Waals surface area contributed by atoms with Gasteiger partial charge in [0.05, 0.1) is 0 Å². The second-order valence-corrected chi connectivity index (χ2v) is 5.14. The SMILES string of the molecule is CCC(C)c1ccc(-c2n[nH]c(C(=O)N(C)C)n2)cc1. The summed E-state index contributed by atoms with van der Waals surface area (Å²) < 4.78 is 0. The molecule has 0 aliphatic carbocycles. The molecule has 20 heavy (non-hydrogen) atoms. The number of benzene rings is 1. The molecule has 1 N–H and O–H groups in total. The molecule has 1 unspecified atom stereocenters.